The maximum absolute atomic E-state index is 14.0. The van der Waals surface area contributed by atoms with Crippen LogP contribution in [0.2, 0.25) is 0 Å². The first kappa shape index (κ1) is 21.8. The molecule has 1 aromatic rings. The van der Waals surface area contributed by atoms with E-state index < -0.39 is 29.1 Å². The van der Waals surface area contributed by atoms with Gasteiger partial charge < -0.3 is 14.6 Å². The predicted molar refractivity (Wildman–Crippen MR) is 95.5 cm³/mol. The van der Waals surface area contributed by atoms with Crippen LogP contribution in [-0.4, -0.2) is 24.9 Å². The van der Waals surface area contributed by atoms with E-state index in [1.807, 2.05) is 6.92 Å². The molecule has 0 aliphatic heterocycles. The highest BCUT2D eigenvalue weighted by Crippen LogP contribution is 2.27. The number of halogens is 3. The van der Waals surface area contributed by atoms with Crippen LogP contribution in [0.3, 0.4) is 0 Å². The third kappa shape index (κ3) is 6.26. The van der Waals surface area contributed by atoms with Gasteiger partial charge in [-0.05, 0) is 37.0 Å². The van der Waals surface area contributed by atoms with E-state index in [-0.39, 0.29) is 24.0 Å². The maximum atomic E-state index is 14.0. The van der Waals surface area contributed by atoms with Crippen LogP contribution in [0.4, 0.5) is 13.2 Å². The summed E-state index contributed by atoms with van der Waals surface area (Å²) in [6.45, 7) is 10.4. The standard InChI is InChI=1S/C20H25F3O3/c1-12(14(3)19(22)20(23)15(4)25-5)11-26-13(2)6-7-16-8-9-17(24)10-18(16)21/h8-10,12-13,24H,3-4,6-7,11H2,1-2,5H3/b20-19-. The van der Waals surface area contributed by atoms with Gasteiger partial charge in [-0.1, -0.05) is 26.1 Å². The van der Waals surface area contributed by atoms with Crippen molar-refractivity contribution in [1.29, 1.82) is 0 Å². The van der Waals surface area contributed by atoms with Gasteiger partial charge in [0.2, 0.25) is 0 Å². The van der Waals surface area contributed by atoms with Crippen molar-refractivity contribution in [2.24, 2.45) is 5.92 Å². The molecule has 3 nitrogen and oxygen atoms in total. The van der Waals surface area contributed by atoms with Gasteiger partial charge in [0.25, 0.3) is 0 Å². The molecule has 0 spiro atoms. The summed E-state index contributed by atoms with van der Waals surface area (Å²) in [7, 11) is 1.20. The van der Waals surface area contributed by atoms with Gasteiger partial charge in [0, 0.05) is 12.0 Å². The zero-order valence-corrected chi connectivity index (χ0v) is 15.3. The van der Waals surface area contributed by atoms with Crippen LogP contribution in [0.25, 0.3) is 0 Å². The van der Waals surface area contributed by atoms with Gasteiger partial charge in [0.05, 0.1) is 19.8 Å². The monoisotopic (exact) mass is 370 g/mol. The Hall–Kier alpha value is -2.21. The fraction of sp³-hybridized carbons (Fsp3) is 0.400. The van der Waals surface area contributed by atoms with Crippen LogP contribution < -0.4 is 0 Å². The molecule has 6 heteroatoms. The van der Waals surface area contributed by atoms with Crippen molar-refractivity contribution in [3.05, 3.63) is 65.7 Å². The lowest BCUT2D eigenvalue weighted by molar-refractivity contribution is 0.0456. The normalized spacial score (nSPS) is 14.4. The first-order chi connectivity index (χ1) is 12.2. The molecule has 26 heavy (non-hydrogen) atoms. The van der Waals surface area contributed by atoms with Gasteiger partial charge in [-0.15, -0.1) is 0 Å². The number of phenolic OH excluding ortho intramolecular Hbond substituents is 1. The first-order valence-corrected chi connectivity index (χ1v) is 8.24. The van der Waals surface area contributed by atoms with E-state index in [0.717, 1.165) is 6.07 Å². The first-order valence-electron chi connectivity index (χ1n) is 8.24. The van der Waals surface area contributed by atoms with Crippen LogP contribution in [0.5, 0.6) is 5.75 Å². The topological polar surface area (TPSA) is 38.7 Å². The van der Waals surface area contributed by atoms with Crippen molar-refractivity contribution >= 4 is 0 Å². The van der Waals surface area contributed by atoms with Crippen molar-refractivity contribution in [2.45, 2.75) is 32.8 Å². The number of ether oxygens (including phenoxy) is 2. The molecular weight excluding hydrogens is 345 g/mol. The Morgan fingerprint density at radius 3 is 2.42 bits per heavy atom. The number of methoxy groups -OCH3 is 1. The predicted octanol–water partition coefficient (Wildman–Crippen LogP) is 5.37. The molecule has 1 rings (SSSR count). The van der Waals surface area contributed by atoms with Crippen molar-refractivity contribution in [3.63, 3.8) is 0 Å². The van der Waals surface area contributed by atoms with Gasteiger partial charge in [-0.3, -0.25) is 0 Å². The number of aromatic hydroxyl groups is 1. The van der Waals surface area contributed by atoms with E-state index in [0.29, 0.717) is 18.4 Å². The molecule has 144 valence electrons. The molecule has 0 saturated carbocycles. The quantitative estimate of drug-likeness (QED) is 0.444. The fourth-order valence-electron chi connectivity index (χ4n) is 2.16. The van der Waals surface area contributed by atoms with E-state index in [9.17, 15) is 18.3 Å². The highest BCUT2D eigenvalue weighted by atomic mass is 19.2. The van der Waals surface area contributed by atoms with Crippen LogP contribution in [0, 0.1) is 11.7 Å². The molecule has 0 radical (unpaired) electrons. The lowest BCUT2D eigenvalue weighted by Gasteiger charge is -2.18. The Bertz CT molecular complexity index is 683. The number of aryl methyl sites for hydroxylation is 1. The molecule has 0 fully saturated rings. The van der Waals surface area contributed by atoms with Crippen LogP contribution in [-0.2, 0) is 15.9 Å². The minimum Gasteiger partial charge on any atom is -0.508 e. The Morgan fingerprint density at radius 2 is 1.85 bits per heavy atom. The highest BCUT2D eigenvalue weighted by Gasteiger charge is 2.19. The van der Waals surface area contributed by atoms with Gasteiger partial charge in [-0.2, -0.15) is 4.39 Å². The smallest absolute Gasteiger partial charge is 0.200 e. The second-order valence-electron chi connectivity index (χ2n) is 6.14. The molecular formula is C20H25F3O3. The number of rotatable bonds is 10. The van der Waals surface area contributed by atoms with Gasteiger partial charge in [0.15, 0.2) is 11.7 Å². The molecule has 0 bridgehead atoms. The van der Waals surface area contributed by atoms with Crippen molar-refractivity contribution < 1.29 is 27.8 Å². The minimum atomic E-state index is -1.18. The van der Waals surface area contributed by atoms with Gasteiger partial charge in [0.1, 0.15) is 17.3 Å². The van der Waals surface area contributed by atoms with Crippen molar-refractivity contribution in [3.8, 4) is 5.75 Å². The van der Waals surface area contributed by atoms with Crippen molar-refractivity contribution in [1.82, 2.24) is 0 Å². The average molecular weight is 370 g/mol. The summed E-state index contributed by atoms with van der Waals surface area (Å²) in [5.74, 6) is -3.74. The lowest BCUT2D eigenvalue weighted by Crippen LogP contribution is -2.16. The molecule has 0 aromatic heterocycles. The Morgan fingerprint density at radius 1 is 1.19 bits per heavy atom. The fourth-order valence-corrected chi connectivity index (χ4v) is 2.16. The van der Waals surface area contributed by atoms with E-state index >= 15 is 0 Å². The third-order valence-corrected chi connectivity index (χ3v) is 4.05. The Balaban J connectivity index is 2.52. The molecule has 0 amide bonds. The summed E-state index contributed by atoms with van der Waals surface area (Å²) in [4.78, 5) is 0. The van der Waals surface area contributed by atoms with Crippen molar-refractivity contribution in [2.75, 3.05) is 13.7 Å². The number of allylic oxidation sites excluding steroid dienone is 2. The maximum Gasteiger partial charge on any atom is 0.200 e. The van der Waals surface area contributed by atoms with E-state index in [1.54, 1.807) is 6.92 Å². The largest absolute Gasteiger partial charge is 0.508 e. The summed E-state index contributed by atoms with van der Waals surface area (Å²) in [6.07, 6.45) is 0.747. The van der Waals surface area contributed by atoms with Crippen LogP contribution in [0.1, 0.15) is 25.8 Å². The SMILES string of the molecule is C=C(OC)/C(F)=C(/F)C(=C)C(C)COC(C)CCc1ccc(O)cc1F. The summed E-state index contributed by atoms with van der Waals surface area (Å²) >= 11 is 0. The summed E-state index contributed by atoms with van der Waals surface area (Å²) in [5, 5.41) is 9.20. The zero-order valence-electron chi connectivity index (χ0n) is 15.3. The Labute approximate surface area is 152 Å². The van der Waals surface area contributed by atoms with Crippen LogP contribution >= 0.6 is 0 Å². The molecule has 0 saturated heterocycles. The van der Waals surface area contributed by atoms with Gasteiger partial charge in [-0.25, -0.2) is 8.78 Å². The highest BCUT2D eigenvalue weighted by molar-refractivity contribution is 5.33. The molecule has 0 heterocycles. The lowest BCUT2D eigenvalue weighted by atomic mass is 10.0. The second-order valence-corrected chi connectivity index (χ2v) is 6.14. The molecule has 0 aliphatic rings. The molecule has 1 N–H and O–H groups in total. The van der Waals surface area contributed by atoms with E-state index in [2.05, 4.69) is 17.9 Å². The number of hydrogen-bond acceptors (Lipinski definition) is 3. The second kappa shape index (κ2) is 10.1. The van der Waals surface area contributed by atoms with E-state index in [1.165, 1.54) is 19.2 Å². The number of phenols is 1. The summed E-state index contributed by atoms with van der Waals surface area (Å²) < 4.78 is 51.6. The van der Waals surface area contributed by atoms with Crippen LogP contribution in [0.15, 0.2) is 54.3 Å². The zero-order chi connectivity index (χ0) is 19.9. The van der Waals surface area contributed by atoms with Gasteiger partial charge >= 0.3 is 0 Å². The summed E-state index contributed by atoms with van der Waals surface area (Å²) in [6, 6.07) is 4.01. The molecule has 1 aromatic carbocycles. The Kier molecular flexibility index (Phi) is 8.45. The number of hydrogen-bond donors (Lipinski definition) is 1. The molecule has 0 aliphatic carbocycles. The third-order valence-electron chi connectivity index (χ3n) is 4.05. The average Bonchev–Trinajstić information content (AvgIpc) is 2.62. The molecule has 2 unspecified atom stereocenters. The van der Waals surface area contributed by atoms with E-state index in [4.69, 9.17) is 4.74 Å². The molecule has 2 atom stereocenters. The minimum absolute atomic E-state index is 0.0440. The summed E-state index contributed by atoms with van der Waals surface area (Å²) in [5.41, 5.74) is 0.433. The number of benzene rings is 1.